The Kier molecular flexibility index (Phi) is 4.71. The molecule has 0 bridgehead atoms. The second-order valence-corrected chi connectivity index (χ2v) is 6.45. The molecule has 0 spiro atoms. The van der Waals surface area contributed by atoms with Gasteiger partial charge in [0, 0.05) is 36.3 Å². The minimum Gasteiger partial charge on any atom is -0.347 e. The molecule has 1 fully saturated rings. The lowest BCUT2D eigenvalue weighted by Crippen LogP contribution is -2.37. The van der Waals surface area contributed by atoms with Crippen LogP contribution in [0.3, 0.4) is 0 Å². The van der Waals surface area contributed by atoms with Crippen LogP contribution in [0, 0.1) is 24.0 Å². The molecule has 134 valence electrons. The first-order chi connectivity index (χ1) is 12.3. The van der Waals surface area contributed by atoms with Crippen LogP contribution in [0.15, 0.2) is 42.5 Å². The van der Waals surface area contributed by atoms with E-state index in [1.165, 1.54) is 24.3 Å². The molecule has 1 aliphatic rings. The van der Waals surface area contributed by atoms with E-state index in [0.717, 1.165) is 16.8 Å². The fourth-order valence-corrected chi connectivity index (χ4v) is 2.98. The van der Waals surface area contributed by atoms with Crippen molar-refractivity contribution in [2.45, 2.75) is 26.3 Å². The summed E-state index contributed by atoms with van der Waals surface area (Å²) in [5.41, 5.74) is 3.12. The van der Waals surface area contributed by atoms with E-state index in [-0.39, 0.29) is 29.6 Å². The van der Waals surface area contributed by atoms with Gasteiger partial charge in [0.05, 0.1) is 11.0 Å². The Labute approximate surface area is 150 Å². The molecule has 1 atom stereocenters. The summed E-state index contributed by atoms with van der Waals surface area (Å²) < 4.78 is 0. The van der Waals surface area contributed by atoms with Gasteiger partial charge in [-0.15, -0.1) is 0 Å². The Morgan fingerprint density at radius 3 is 2.65 bits per heavy atom. The maximum absolute atomic E-state index is 12.4. The van der Waals surface area contributed by atoms with Crippen LogP contribution in [0.4, 0.5) is 11.4 Å². The minimum atomic E-state index is -0.544. The average molecular weight is 353 g/mol. The van der Waals surface area contributed by atoms with Crippen molar-refractivity contribution >= 4 is 23.2 Å². The maximum atomic E-state index is 12.4. The molecular weight excluding hydrogens is 334 g/mol. The zero-order valence-electron chi connectivity index (χ0n) is 14.6. The first-order valence-electron chi connectivity index (χ1n) is 8.28. The van der Waals surface area contributed by atoms with Crippen molar-refractivity contribution in [1.82, 2.24) is 5.32 Å². The van der Waals surface area contributed by atoms with E-state index in [4.69, 9.17) is 0 Å². The number of non-ortho nitro benzene ring substituents is 1. The Balaban J connectivity index is 1.71. The number of aryl methyl sites for hydroxylation is 2. The van der Waals surface area contributed by atoms with E-state index in [1.54, 1.807) is 4.90 Å². The number of nitrogens with zero attached hydrogens (tertiary/aromatic N) is 2. The number of carbonyl (C=O) groups excluding carboxylic acids is 2. The van der Waals surface area contributed by atoms with Gasteiger partial charge in [-0.1, -0.05) is 12.1 Å². The van der Waals surface area contributed by atoms with Gasteiger partial charge in [-0.2, -0.15) is 0 Å². The van der Waals surface area contributed by atoms with Crippen LogP contribution in [-0.4, -0.2) is 29.3 Å². The molecule has 1 N–H and O–H groups in total. The summed E-state index contributed by atoms with van der Waals surface area (Å²) in [6.45, 7) is 4.37. The van der Waals surface area contributed by atoms with Gasteiger partial charge in [-0.3, -0.25) is 19.7 Å². The molecule has 0 unspecified atom stereocenters. The van der Waals surface area contributed by atoms with Crippen LogP contribution in [0.1, 0.15) is 27.9 Å². The summed E-state index contributed by atoms with van der Waals surface area (Å²) in [7, 11) is 0. The third-order valence-electron chi connectivity index (χ3n) is 4.58. The molecule has 0 aliphatic carbocycles. The number of hydrogen-bond donors (Lipinski definition) is 1. The number of rotatable bonds is 4. The molecule has 1 aliphatic heterocycles. The van der Waals surface area contributed by atoms with E-state index in [1.807, 2.05) is 32.0 Å². The van der Waals surface area contributed by atoms with Crippen molar-refractivity contribution < 1.29 is 14.5 Å². The highest BCUT2D eigenvalue weighted by Gasteiger charge is 2.32. The highest BCUT2D eigenvalue weighted by molar-refractivity contribution is 5.99. The molecule has 0 radical (unpaired) electrons. The van der Waals surface area contributed by atoms with Crippen molar-refractivity contribution in [1.29, 1.82) is 0 Å². The van der Waals surface area contributed by atoms with Gasteiger partial charge in [0.1, 0.15) is 0 Å². The Morgan fingerprint density at radius 1 is 1.19 bits per heavy atom. The number of anilines is 1. The fourth-order valence-electron chi connectivity index (χ4n) is 2.98. The third kappa shape index (κ3) is 3.56. The predicted octanol–water partition coefficient (Wildman–Crippen LogP) is 2.75. The zero-order valence-corrected chi connectivity index (χ0v) is 14.6. The number of nitro benzene ring substituents is 1. The standard InChI is InChI=1S/C19H19N3O4/c1-12-6-7-16(8-13(12)2)21-11-15(10-18(21)23)20-19(24)14-4-3-5-17(9-14)22(25)26/h3-9,15H,10-11H2,1-2H3,(H,20,24)/t15-/m1/s1. The van der Waals surface area contributed by atoms with Crippen LogP contribution in [0.25, 0.3) is 0 Å². The molecule has 0 saturated carbocycles. The van der Waals surface area contributed by atoms with Crippen LogP contribution >= 0.6 is 0 Å². The Morgan fingerprint density at radius 2 is 1.96 bits per heavy atom. The first kappa shape index (κ1) is 17.6. The van der Waals surface area contributed by atoms with Gasteiger partial charge in [-0.05, 0) is 43.2 Å². The normalized spacial score (nSPS) is 16.6. The summed E-state index contributed by atoms with van der Waals surface area (Å²) >= 11 is 0. The van der Waals surface area contributed by atoms with Crippen molar-refractivity contribution in [3.8, 4) is 0 Å². The number of hydrogen-bond acceptors (Lipinski definition) is 4. The first-order valence-corrected chi connectivity index (χ1v) is 8.28. The molecule has 1 saturated heterocycles. The number of amides is 2. The van der Waals surface area contributed by atoms with Crippen LogP contribution in [0.2, 0.25) is 0 Å². The molecule has 2 amide bonds. The lowest BCUT2D eigenvalue weighted by molar-refractivity contribution is -0.384. The molecule has 7 nitrogen and oxygen atoms in total. The summed E-state index contributed by atoms with van der Waals surface area (Å²) in [4.78, 5) is 36.6. The molecule has 0 aromatic heterocycles. The smallest absolute Gasteiger partial charge is 0.270 e. The highest BCUT2D eigenvalue weighted by atomic mass is 16.6. The maximum Gasteiger partial charge on any atom is 0.270 e. The molecule has 3 rings (SSSR count). The van der Waals surface area contributed by atoms with Gasteiger partial charge < -0.3 is 10.2 Å². The third-order valence-corrected chi connectivity index (χ3v) is 4.58. The molecule has 7 heteroatoms. The highest BCUT2D eigenvalue weighted by Crippen LogP contribution is 2.24. The van der Waals surface area contributed by atoms with E-state index in [9.17, 15) is 19.7 Å². The molecule has 2 aromatic carbocycles. The van der Waals surface area contributed by atoms with Crippen LogP contribution in [0.5, 0.6) is 0 Å². The lowest BCUT2D eigenvalue weighted by atomic mass is 10.1. The summed E-state index contributed by atoms with van der Waals surface area (Å²) in [6.07, 6.45) is 0.202. The Hall–Kier alpha value is -3.22. The van der Waals surface area contributed by atoms with E-state index in [2.05, 4.69) is 5.32 Å². The molecule has 26 heavy (non-hydrogen) atoms. The zero-order chi connectivity index (χ0) is 18.8. The predicted molar refractivity (Wildman–Crippen MR) is 97.2 cm³/mol. The van der Waals surface area contributed by atoms with E-state index >= 15 is 0 Å². The largest absolute Gasteiger partial charge is 0.347 e. The van der Waals surface area contributed by atoms with Gasteiger partial charge in [0.15, 0.2) is 0 Å². The van der Waals surface area contributed by atoms with Crippen molar-refractivity contribution in [2.75, 3.05) is 11.4 Å². The molecule has 2 aromatic rings. The van der Waals surface area contributed by atoms with Gasteiger partial charge in [-0.25, -0.2) is 0 Å². The van der Waals surface area contributed by atoms with Crippen molar-refractivity contribution in [3.05, 3.63) is 69.3 Å². The van der Waals surface area contributed by atoms with E-state index < -0.39 is 10.8 Å². The Bertz CT molecular complexity index is 894. The number of nitro groups is 1. The molecule has 1 heterocycles. The topological polar surface area (TPSA) is 92.6 Å². The average Bonchev–Trinajstić information content (AvgIpc) is 2.97. The summed E-state index contributed by atoms with van der Waals surface area (Å²) in [6, 6.07) is 11.0. The SMILES string of the molecule is Cc1ccc(N2C[C@H](NC(=O)c3cccc([N+](=O)[O-])c3)CC2=O)cc1C. The van der Waals surface area contributed by atoms with Crippen LogP contribution in [-0.2, 0) is 4.79 Å². The van der Waals surface area contributed by atoms with Gasteiger partial charge >= 0.3 is 0 Å². The fraction of sp³-hybridized carbons (Fsp3) is 0.263. The van der Waals surface area contributed by atoms with Gasteiger partial charge in [0.2, 0.25) is 5.91 Å². The van der Waals surface area contributed by atoms with Gasteiger partial charge in [0.25, 0.3) is 11.6 Å². The van der Waals surface area contributed by atoms with Crippen molar-refractivity contribution in [2.24, 2.45) is 0 Å². The van der Waals surface area contributed by atoms with Crippen molar-refractivity contribution in [3.63, 3.8) is 0 Å². The molecular formula is C19H19N3O4. The minimum absolute atomic E-state index is 0.0578. The number of benzene rings is 2. The van der Waals surface area contributed by atoms with Crippen LogP contribution < -0.4 is 10.2 Å². The second kappa shape index (κ2) is 6.95. The lowest BCUT2D eigenvalue weighted by Gasteiger charge is -2.18. The number of nitrogens with one attached hydrogen (secondary N) is 1. The monoisotopic (exact) mass is 353 g/mol. The number of carbonyl (C=O) groups is 2. The van der Waals surface area contributed by atoms with E-state index in [0.29, 0.717) is 6.54 Å². The summed E-state index contributed by atoms with van der Waals surface area (Å²) in [5, 5.41) is 13.6. The second-order valence-electron chi connectivity index (χ2n) is 6.45. The quantitative estimate of drug-likeness (QED) is 0.676. The summed E-state index contributed by atoms with van der Waals surface area (Å²) in [5.74, 6) is -0.481.